The second-order valence-electron chi connectivity index (χ2n) is 5.33. The summed E-state index contributed by atoms with van der Waals surface area (Å²) in [5.74, 6) is 0.943. The van der Waals surface area contributed by atoms with Crippen LogP contribution in [0.3, 0.4) is 0 Å². The van der Waals surface area contributed by atoms with Crippen LogP contribution in [0.2, 0.25) is 4.34 Å². The Labute approximate surface area is 146 Å². The zero-order valence-corrected chi connectivity index (χ0v) is 14.8. The molecule has 3 aromatic heterocycles. The quantitative estimate of drug-likeness (QED) is 0.677. The van der Waals surface area contributed by atoms with Crippen molar-refractivity contribution < 1.29 is 13.2 Å². The van der Waals surface area contributed by atoms with Crippen molar-refractivity contribution in [3.63, 3.8) is 0 Å². The van der Waals surface area contributed by atoms with Crippen molar-refractivity contribution in [1.29, 1.82) is 0 Å². The molecule has 0 saturated carbocycles. The number of nitrogens with zero attached hydrogens (tertiary/aromatic N) is 5. The fourth-order valence-electron chi connectivity index (χ4n) is 2.39. The number of sulfonamides is 1. The maximum Gasteiger partial charge on any atom is 0.255 e. The van der Waals surface area contributed by atoms with Crippen LogP contribution >= 0.6 is 22.9 Å². The van der Waals surface area contributed by atoms with Gasteiger partial charge in [0.2, 0.25) is 5.88 Å². The van der Waals surface area contributed by atoms with E-state index in [4.69, 9.17) is 16.3 Å². The van der Waals surface area contributed by atoms with Crippen LogP contribution in [-0.2, 0) is 10.0 Å². The van der Waals surface area contributed by atoms with Gasteiger partial charge in [-0.3, -0.25) is 0 Å². The summed E-state index contributed by atoms with van der Waals surface area (Å²) >= 11 is 6.86. The predicted molar refractivity (Wildman–Crippen MR) is 88.0 cm³/mol. The predicted octanol–water partition coefficient (Wildman–Crippen LogP) is 1.60. The molecule has 8 nitrogen and oxygen atoms in total. The van der Waals surface area contributed by atoms with E-state index in [1.807, 2.05) is 6.92 Å². The lowest BCUT2D eigenvalue weighted by Crippen LogP contribution is -2.56. The molecule has 0 spiro atoms. The van der Waals surface area contributed by atoms with Gasteiger partial charge in [0, 0.05) is 11.8 Å². The van der Waals surface area contributed by atoms with E-state index in [1.165, 1.54) is 21.2 Å². The van der Waals surface area contributed by atoms with Crippen molar-refractivity contribution in [2.45, 2.75) is 17.2 Å². The van der Waals surface area contributed by atoms with E-state index in [-0.39, 0.29) is 23.4 Å². The number of fused-ring (bicyclic) bond motifs is 1. The molecule has 4 heterocycles. The summed E-state index contributed by atoms with van der Waals surface area (Å²) in [6, 6.07) is 4.84. The molecule has 126 valence electrons. The molecule has 1 saturated heterocycles. The Morgan fingerprint density at radius 2 is 2.17 bits per heavy atom. The van der Waals surface area contributed by atoms with E-state index in [0.29, 0.717) is 16.0 Å². The molecule has 0 N–H and O–H groups in total. The topological polar surface area (TPSA) is 89.7 Å². The highest BCUT2D eigenvalue weighted by Gasteiger charge is 2.39. The van der Waals surface area contributed by atoms with Gasteiger partial charge in [-0.2, -0.15) is 18.9 Å². The van der Waals surface area contributed by atoms with Crippen molar-refractivity contribution in [1.82, 2.24) is 23.9 Å². The van der Waals surface area contributed by atoms with Crippen LogP contribution < -0.4 is 4.74 Å². The summed E-state index contributed by atoms with van der Waals surface area (Å²) < 4.78 is 34.3. The lowest BCUT2D eigenvalue weighted by Gasteiger charge is -2.37. The van der Waals surface area contributed by atoms with Gasteiger partial charge in [-0.15, -0.1) is 11.3 Å². The molecule has 0 aromatic carbocycles. The first-order chi connectivity index (χ1) is 11.4. The number of hydrogen-bond donors (Lipinski definition) is 0. The van der Waals surface area contributed by atoms with Crippen LogP contribution in [0.15, 0.2) is 28.7 Å². The molecule has 0 radical (unpaired) electrons. The molecule has 4 rings (SSSR count). The van der Waals surface area contributed by atoms with Gasteiger partial charge in [-0.25, -0.2) is 13.4 Å². The molecule has 0 unspecified atom stereocenters. The van der Waals surface area contributed by atoms with Crippen LogP contribution in [0.5, 0.6) is 5.88 Å². The van der Waals surface area contributed by atoms with Gasteiger partial charge in [0.25, 0.3) is 15.8 Å². The van der Waals surface area contributed by atoms with Crippen LogP contribution in [0.4, 0.5) is 0 Å². The number of ether oxygens (including phenoxy) is 1. The van der Waals surface area contributed by atoms with Crippen molar-refractivity contribution >= 4 is 38.7 Å². The largest absolute Gasteiger partial charge is 0.471 e. The Kier molecular flexibility index (Phi) is 3.71. The third-order valence-electron chi connectivity index (χ3n) is 3.59. The van der Waals surface area contributed by atoms with E-state index in [2.05, 4.69) is 15.1 Å². The maximum atomic E-state index is 12.4. The number of hydrogen-bond acceptors (Lipinski definition) is 7. The SMILES string of the molecule is Cc1cc(OC2CN(S(=O)(=O)c3ccc(Cl)s3)C2)n2ncnc2n1. The van der Waals surface area contributed by atoms with E-state index >= 15 is 0 Å². The monoisotopic (exact) mass is 385 g/mol. The lowest BCUT2D eigenvalue weighted by atomic mass is 10.2. The standard InChI is InChI=1S/C13H12ClN5O3S2/c1-8-4-11(19-13(17-8)15-7-16-19)22-9-5-18(6-9)24(20,21)12-3-2-10(14)23-12/h2-4,7,9H,5-6H2,1H3. The number of aromatic nitrogens is 4. The number of aryl methyl sites for hydroxylation is 1. The summed E-state index contributed by atoms with van der Waals surface area (Å²) in [5.41, 5.74) is 0.752. The zero-order chi connectivity index (χ0) is 16.9. The minimum absolute atomic E-state index is 0.240. The molecule has 0 amide bonds. The summed E-state index contributed by atoms with van der Waals surface area (Å²) in [6.07, 6.45) is 1.15. The van der Waals surface area contributed by atoms with E-state index < -0.39 is 10.0 Å². The van der Waals surface area contributed by atoms with Crippen LogP contribution in [0.1, 0.15) is 5.69 Å². The van der Waals surface area contributed by atoms with Crippen LogP contribution in [-0.4, -0.2) is 51.5 Å². The highest BCUT2D eigenvalue weighted by Crippen LogP contribution is 2.31. The van der Waals surface area contributed by atoms with Crippen molar-refractivity contribution in [3.8, 4) is 5.88 Å². The Morgan fingerprint density at radius 1 is 1.38 bits per heavy atom. The normalized spacial score (nSPS) is 16.4. The molecule has 3 aromatic rings. The minimum Gasteiger partial charge on any atom is -0.471 e. The number of rotatable bonds is 4. The summed E-state index contributed by atoms with van der Waals surface area (Å²) in [5, 5.41) is 4.06. The van der Waals surface area contributed by atoms with Gasteiger partial charge in [-0.05, 0) is 19.1 Å². The van der Waals surface area contributed by atoms with Gasteiger partial charge in [0.15, 0.2) is 0 Å². The Bertz CT molecular complexity index is 1010. The average Bonchev–Trinajstić information content (AvgIpc) is 3.10. The fourth-order valence-corrected chi connectivity index (χ4v) is 5.53. The molecule has 1 aliphatic rings. The van der Waals surface area contributed by atoms with Crippen LogP contribution in [0.25, 0.3) is 5.78 Å². The molecular weight excluding hydrogens is 374 g/mol. The second-order valence-corrected chi connectivity index (χ2v) is 9.21. The minimum atomic E-state index is -3.51. The Balaban J connectivity index is 1.49. The van der Waals surface area contributed by atoms with Crippen molar-refractivity contribution in [2.24, 2.45) is 0 Å². The molecule has 1 aliphatic heterocycles. The summed E-state index contributed by atoms with van der Waals surface area (Å²) in [6.45, 7) is 2.38. The highest BCUT2D eigenvalue weighted by atomic mass is 35.5. The first-order valence-electron chi connectivity index (χ1n) is 7.03. The maximum absolute atomic E-state index is 12.4. The fraction of sp³-hybridized carbons (Fsp3) is 0.308. The highest BCUT2D eigenvalue weighted by molar-refractivity contribution is 7.91. The van der Waals surface area contributed by atoms with E-state index in [1.54, 1.807) is 12.1 Å². The summed E-state index contributed by atoms with van der Waals surface area (Å²) in [4.78, 5) is 8.27. The average molecular weight is 386 g/mol. The molecule has 1 fully saturated rings. The third kappa shape index (κ3) is 2.65. The molecule has 0 atom stereocenters. The smallest absolute Gasteiger partial charge is 0.255 e. The first-order valence-corrected chi connectivity index (χ1v) is 9.66. The van der Waals surface area contributed by atoms with Gasteiger partial charge in [0.1, 0.15) is 16.6 Å². The molecule has 0 aliphatic carbocycles. The number of halogens is 1. The lowest BCUT2D eigenvalue weighted by molar-refractivity contribution is 0.0699. The van der Waals surface area contributed by atoms with Crippen LogP contribution in [0, 0.1) is 6.92 Å². The molecule has 24 heavy (non-hydrogen) atoms. The number of thiophene rings is 1. The van der Waals surface area contributed by atoms with Crippen molar-refractivity contribution in [3.05, 3.63) is 34.6 Å². The molecule has 11 heteroatoms. The third-order valence-corrected chi connectivity index (χ3v) is 7.12. The van der Waals surface area contributed by atoms with Crippen molar-refractivity contribution in [2.75, 3.05) is 13.1 Å². The first kappa shape index (κ1) is 15.8. The van der Waals surface area contributed by atoms with Gasteiger partial charge < -0.3 is 4.74 Å². The molecule has 0 bridgehead atoms. The molecular formula is C13H12ClN5O3S2. The summed E-state index contributed by atoms with van der Waals surface area (Å²) in [7, 11) is -3.51. The van der Waals surface area contributed by atoms with Gasteiger partial charge in [0.05, 0.1) is 17.4 Å². The van der Waals surface area contributed by atoms with Gasteiger partial charge >= 0.3 is 0 Å². The van der Waals surface area contributed by atoms with E-state index in [9.17, 15) is 8.42 Å². The Hall–Kier alpha value is -1.75. The second kappa shape index (κ2) is 5.66. The van der Waals surface area contributed by atoms with Gasteiger partial charge in [-0.1, -0.05) is 11.6 Å². The Morgan fingerprint density at radius 3 is 2.88 bits per heavy atom. The van der Waals surface area contributed by atoms with E-state index in [0.717, 1.165) is 17.0 Å². The zero-order valence-electron chi connectivity index (χ0n) is 12.5.